The zero-order valence-electron chi connectivity index (χ0n) is 14.7. The maximum Gasteiger partial charge on any atom is 0.328 e. The lowest BCUT2D eigenvalue weighted by molar-refractivity contribution is -0.145. The van der Waals surface area contributed by atoms with Crippen LogP contribution < -0.4 is 10.6 Å². The van der Waals surface area contributed by atoms with Crippen LogP contribution in [-0.2, 0) is 30.3 Å². The van der Waals surface area contributed by atoms with Gasteiger partial charge in [0, 0.05) is 19.8 Å². The molecule has 0 aliphatic carbocycles. The molecule has 2 amide bonds. The smallest absolute Gasteiger partial charge is 0.328 e. The quantitative estimate of drug-likeness (QED) is 0.642. The number of hydrogen-bond donors (Lipinski definition) is 2. The van der Waals surface area contributed by atoms with Crippen molar-refractivity contribution >= 4 is 23.6 Å². The van der Waals surface area contributed by atoms with Crippen molar-refractivity contribution in [2.75, 3.05) is 7.11 Å². The molecule has 0 radical (unpaired) electrons. The topological polar surface area (TPSA) is 102 Å². The van der Waals surface area contributed by atoms with E-state index in [0.717, 1.165) is 5.56 Å². The molecule has 0 aromatic heterocycles. The van der Waals surface area contributed by atoms with Gasteiger partial charge in [-0.2, -0.15) is 0 Å². The third-order valence-electron chi connectivity index (χ3n) is 3.56. The summed E-state index contributed by atoms with van der Waals surface area (Å²) in [5.41, 5.74) is 0.870. The van der Waals surface area contributed by atoms with Crippen molar-refractivity contribution in [2.24, 2.45) is 0 Å². The fourth-order valence-electron chi connectivity index (χ4n) is 2.32. The number of esters is 1. The van der Waals surface area contributed by atoms with Gasteiger partial charge in [-0.3, -0.25) is 9.59 Å². The van der Waals surface area contributed by atoms with Crippen LogP contribution in [0.15, 0.2) is 30.3 Å². The van der Waals surface area contributed by atoms with Crippen molar-refractivity contribution in [1.82, 2.24) is 10.6 Å². The molecule has 25 heavy (non-hydrogen) atoms. The Hall–Kier alpha value is -2.70. The van der Waals surface area contributed by atoms with Gasteiger partial charge in [0.05, 0.1) is 7.11 Å². The fourth-order valence-corrected chi connectivity index (χ4v) is 2.32. The molecular formula is C18H24N2O5. The van der Waals surface area contributed by atoms with Crippen LogP contribution in [0, 0.1) is 0 Å². The minimum atomic E-state index is -0.937. The average molecular weight is 348 g/mol. The largest absolute Gasteiger partial charge is 0.467 e. The van der Waals surface area contributed by atoms with Crippen molar-refractivity contribution in [2.45, 2.75) is 45.2 Å². The summed E-state index contributed by atoms with van der Waals surface area (Å²) in [7, 11) is 1.21. The first-order valence-electron chi connectivity index (χ1n) is 8.02. The summed E-state index contributed by atoms with van der Waals surface area (Å²) in [5.74, 6) is -1.57. The number of ether oxygens (including phenoxy) is 1. The van der Waals surface area contributed by atoms with E-state index >= 15 is 0 Å². The van der Waals surface area contributed by atoms with E-state index in [1.54, 1.807) is 0 Å². The van der Waals surface area contributed by atoms with Gasteiger partial charge in [-0.25, -0.2) is 4.79 Å². The molecule has 0 heterocycles. The first-order valence-corrected chi connectivity index (χ1v) is 8.02. The monoisotopic (exact) mass is 348 g/mol. The third kappa shape index (κ3) is 7.60. The van der Waals surface area contributed by atoms with Crippen molar-refractivity contribution < 1.29 is 23.9 Å². The van der Waals surface area contributed by atoms with Crippen LogP contribution in [0.4, 0.5) is 0 Å². The van der Waals surface area contributed by atoms with E-state index in [-0.39, 0.29) is 31.0 Å². The Labute approximate surface area is 147 Å². The highest BCUT2D eigenvalue weighted by molar-refractivity contribution is 5.90. The molecular weight excluding hydrogens is 324 g/mol. The molecule has 0 bridgehead atoms. The van der Waals surface area contributed by atoms with Gasteiger partial charge in [-0.1, -0.05) is 30.3 Å². The Morgan fingerprint density at radius 1 is 1.00 bits per heavy atom. The molecule has 2 atom stereocenters. The van der Waals surface area contributed by atoms with E-state index in [1.165, 1.54) is 21.0 Å². The van der Waals surface area contributed by atoms with Gasteiger partial charge in [0.25, 0.3) is 0 Å². The van der Waals surface area contributed by atoms with E-state index in [9.17, 15) is 19.2 Å². The molecule has 0 saturated carbocycles. The fraction of sp³-hybridized carbons (Fsp3) is 0.444. The summed E-state index contributed by atoms with van der Waals surface area (Å²) < 4.78 is 4.67. The molecule has 0 saturated heterocycles. The van der Waals surface area contributed by atoms with Crippen LogP contribution >= 0.6 is 0 Å². The molecule has 0 unspecified atom stereocenters. The van der Waals surface area contributed by atoms with Crippen LogP contribution in [0.2, 0.25) is 0 Å². The molecule has 7 nitrogen and oxygen atoms in total. The standard InChI is InChI=1S/C18H24N2O5/c1-12(21)9-10-15(18(24)25-3)20-17(23)16(19-13(2)22)11-14-7-5-4-6-8-14/h4-8,15-16H,9-11H2,1-3H3,(H,19,22)(H,20,23)/t15-,16+/m1/s1. The van der Waals surface area contributed by atoms with Crippen LogP contribution in [0.1, 0.15) is 32.3 Å². The van der Waals surface area contributed by atoms with E-state index < -0.39 is 24.0 Å². The van der Waals surface area contributed by atoms with Crippen LogP contribution in [0.3, 0.4) is 0 Å². The van der Waals surface area contributed by atoms with Crippen LogP contribution in [-0.4, -0.2) is 42.8 Å². The third-order valence-corrected chi connectivity index (χ3v) is 3.56. The van der Waals surface area contributed by atoms with Gasteiger partial charge in [-0.15, -0.1) is 0 Å². The lowest BCUT2D eigenvalue weighted by atomic mass is 10.0. The predicted molar refractivity (Wildman–Crippen MR) is 91.6 cm³/mol. The number of carbonyl (C=O) groups excluding carboxylic acids is 4. The highest BCUT2D eigenvalue weighted by Gasteiger charge is 2.27. The van der Waals surface area contributed by atoms with E-state index in [2.05, 4.69) is 15.4 Å². The molecule has 0 aliphatic rings. The van der Waals surface area contributed by atoms with Crippen molar-refractivity contribution in [1.29, 1.82) is 0 Å². The number of ketones is 1. The SMILES string of the molecule is COC(=O)[C@@H](CCC(C)=O)NC(=O)[C@H](Cc1ccccc1)NC(C)=O. The molecule has 7 heteroatoms. The number of benzene rings is 1. The zero-order chi connectivity index (χ0) is 18.8. The Morgan fingerprint density at radius 3 is 2.16 bits per heavy atom. The van der Waals surface area contributed by atoms with Gasteiger partial charge < -0.3 is 20.2 Å². The molecule has 136 valence electrons. The second kappa shape index (κ2) is 10.2. The Kier molecular flexibility index (Phi) is 8.32. The summed E-state index contributed by atoms with van der Waals surface area (Å²) in [5, 5.41) is 5.15. The van der Waals surface area contributed by atoms with E-state index in [0.29, 0.717) is 0 Å². The summed E-state index contributed by atoms with van der Waals surface area (Å²) in [6.45, 7) is 2.73. The minimum absolute atomic E-state index is 0.0918. The number of amides is 2. The molecule has 0 spiro atoms. The van der Waals surface area contributed by atoms with Gasteiger partial charge in [-0.05, 0) is 18.9 Å². The second-order valence-electron chi connectivity index (χ2n) is 5.77. The number of methoxy groups -OCH3 is 1. The van der Waals surface area contributed by atoms with Crippen molar-refractivity contribution in [3.05, 3.63) is 35.9 Å². The average Bonchev–Trinajstić information content (AvgIpc) is 2.57. The maximum absolute atomic E-state index is 12.5. The molecule has 2 N–H and O–H groups in total. The van der Waals surface area contributed by atoms with E-state index in [4.69, 9.17) is 0 Å². The molecule has 0 fully saturated rings. The van der Waals surface area contributed by atoms with Crippen molar-refractivity contribution in [3.8, 4) is 0 Å². The number of nitrogens with one attached hydrogen (secondary N) is 2. The molecule has 1 rings (SSSR count). The summed E-state index contributed by atoms with van der Waals surface area (Å²) >= 11 is 0. The lowest BCUT2D eigenvalue weighted by Gasteiger charge is -2.21. The highest BCUT2D eigenvalue weighted by Crippen LogP contribution is 2.06. The zero-order valence-corrected chi connectivity index (χ0v) is 14.7. The van der Waals surface area contributed by atoms with Gasteiger partial charge in [0.2, 0.25) is 11.8 Å². The first-order chi connectivity index (χ1) is 11.8. The lowest BCUT2D eigenvalue weighted by Crippen LogP contribution is -2.52. The summed E-state index contributed by atoms with van der Waals surface area (Å²) in [6.07, 6.45) is 0.572. The molecule has 0 aliphatic heterocycles. The number of rotatable bonds is 9. The van der Waals surface area contributed by atoms with E-state index in [1.807, 2.05) is 30.3 Å². The minimum Gasteiger partial charge on any atom is -0.467 e. The second-order valence-corrected chi connectivity index (χ2v) is 5.77. The Balaban J connectivity index is 2.84. The summed E-state index contributed by atoms with van der Waals surface area (Å²) in [4.78, 5) is 46.9. The predicted octanol–water partition coefficient (Wildman–Crippen LogP) is 0.761. The number of Topliss-reactive ketones (excluding diaryl/α,β-unsaturated/α-hetero) is 1. The Bertz CT molecular complexity index is 615. The maximum atomic E-state index is 12.5. The Morgan fingerprint density at radius 2 is 1.64 bits per heavy atom. The highest BCUT2D eigenvalue weighted by atomic mass is 16.5. The van der Waals surface area contributed by atoms with Crippen LogP contribution in [0.25, 0.3) is 0 Å². The van der Waals surface area contributed by atoms with Crippen molar-refractivity contribution in [3.63, 3.8) is 0 Å². The van der Waals surface area contributed by atoms with Gasteiger partial charge >= 0.3 is 5.97 Å². The molecule has 1 aromatic rings. The van der Waals surface area contributed by atoms with Gasteiger partial charge in [0.1, 0.15) is 17.9 Å². The molecule has 1 aromatic carbocycles. The normalized spacial score (nSPS) is 12.6. The summed E-state index contributed by atoms with van der Waals surface area (Å²) in [6, 6.07) is 7.44. The number of carbonyl (C=O) groups is 4. The van der Waals surface area contributed by atoms with Crippen LogP contribution in [0.5, 0.6) is 0 Å². The van der Waals surface area contributed by atoms with Gasteiger partial charge in [0.15, 0.2) is 0 Å². The first kappa shape index (κ1) is 20.3. The number of hydrogen-bond acceptors (Lipinski definition) is 5.